The highest BCUT2D eigenvalue weighted by atomic mass is 32.2. The van der Waals surface area contributed by atoms with Gasteiger partial charge >= 0.3 is 0 Å². The van der Waals surface area contributed by atoms with Crippen LogP contribution in [0.25, 0.3) is 0 Å². The second-order valence-electron chi connectivity index (χ2n) is 2.63. The third-order valence-corrected chi connectivity index (χ3v) is 2.50. The van der Waals surface area contributed by atoms with Crippen LogP contribution in [-0.4, -0.2) is 26.0 Å². The van der Waals surface area contributed by atoms with E-state index in [1.165, 1.54) is 0 Å². The zero-order chi connectivity index (χ0) is 9.80. The summed E-state index contributed by atoms with van der Waals surface area (Å²) in [6.07, 6.45) is 1.65. The largest absolute Gasteiger partial charge is 0.467 e. The maximum absolute atomic E-state index is 5.21. The molecule has 0 aromatic carbocycles. The van der Waals surface area contributed by atoms with E-state index in [4.69, 9.17) is 4.42 Å². The first-order chi connectivity index (χ1) is 6.90. The van der Waals surface area contributed by atoms with Gasteiger partial charge in [0.1, 0.15) is 12.3 Å². The molecule has 0 radical (unpaired) electrons. The first-order valence-corrected chi connectivity index (χ1v) is 5.30. The lowest BCUT2D eigenvalue weighted by Crippen LogP contribution is -2.02. The second kappa shape index (κ2) is 4.28. The van der Waals surface area contributed by atoms with E-state index in [2.05, 4.69) is 22.4 Å². The van der Waals surface area contributed by atoms with Gasteiger partial charge in [0.2, 0.25) is 5.16 Å². The summed E-state index contributed by atoms with van der Waals surface area (Å²) in [6, 6.07) is 3.76. The summed E-state index contributed by atoms with van der Waals surface area (Å²) in [5.74, 6) is 1.81. The molecular formula is C8H10N4OS. The molecule has 0 fully saturated rings. The molecule has 0 aliphatic rings. The predicted octanol–water partition coefficient (Wildman–Crippen LogP) is 1.43. The molecule has 0 saturated heterocycles. The van der Waals surface area contributed by atoms with Crippen molar-refractivity contribution in [3.63, 3.8) is 0 Å². The summed E-state index contributed by atoms with van der Waals surface area (Å²) in [6.45, 7) is 2.65. The molecule has 0 atom stereocenters. The Labute approximate surface area is 85.5 Å². The maximum Gasteiger partial charge on any atom is 0.209 e. The molecule has 5 nitrogen and oxygen atoms in total. The van der Waals surface area contributed by atoms with Gasteiger partial charge < -0.3 is 4.42 Å². The van der Waals surface area contributed by atoms with Crippen LogP contribution >= 0.6 is 11.8 Å². The second-order valence-corrected chi connectivity index (χ2v) is 3.86. The van der Waals surface area contributed by atoms with Crippen molar-refractivity contribution in [1.29, 1.82) is 0 Å². The SMILES string of the molecule is CCSc1nnnn1Cc1ccco1. The molecule has 2 aromatic heterocycles. The summed E-state index contributed by atoms with van der Waals surface area (Å²) in [4.78, 5) is 0. The minimum Gasteiger partial charge on any atom is -0.467 e. The van der Waals surface area contributed by atoms with Crippen molar-refractivity contribution in [2.75, 3.05) is 5.75 Å². The van der Waals surface area contributed by atoms with Crippen molar-refractivity contribution < 1.29 is 4.42 Å². The third-order valence-electron chi connectivity index (χ3n) is 1.66. The predicted molar refractivity (Wildman–Crippen MR) is 52.0 cm³/mol. The van der Waals surface area contributed by atoms with Crippen molar-refractivity contribution in [2.45, 2.75) is 18.6 Å². The zero-order valence-electron chi connectivity index (χ0n) is 7.75. The van der Waals surface area contributed by atoms with E-state index in [-0.39, 0.29) is 0 Å². The first kappa shape index (κ1) is 9.26. The van der Waals surface area contributed by atoms with E-state index in [0.29, 0.717) is 6.54 Å². The fourth-order valence-corrected chi connectivity index (χ4v) is 1.68. The van der Waals surface area contributed by atoms with Crippen LogP contribution < -0.4 is 0 Å². The average molecular weight is 210 g/mol. The van der Waals surface area contributed by atoms with E-state index < -0.39 is 0 Å². The molecule has 2 heterocycles. The molecule has 2 rings (SSSR count). The number of hydrogen-bond donors (Lipinski definition) is 0. The minimum atomic E-state index is 0.586. The van der Waals surface area contributed by atoms with Crippen LogP contribution in [-0.2, 0) is 6.54 Å². The van der Waals surface area contributed by atoms with Gasteiger partial charge in [0.15, 0.2) is 0 Å². The number of hydrogen-bond acceptors (Lipinski definition) is 5. The molecule has 0 unspecified atom stereocenters. The van der Waals surface area contributed by atoms with E-state index in [1.54, 1.807) is 22.7 Å². The highest BCUT2D eigenvalue weighted by Gasteiger charge is 2.06. The number of aromatic nitrogens is 4. The zero-order valence-corrected chi connectivity index (χ0v) is 8.57. The monoisotopic (exact) mass is 210 g/mol. The summed E-state index contributed by atoms with van der Waals surface area (Å²) < 4.78 is 6.94. The van der Waals surface area contributed by atoms with Crippen molar-refractivity contribution in [1.82, 2.24) is 20.2 Å². The Bertz CT molecular complexity index is 384. The molecule has 0 spiro atoms. The van der Waals surface area contributed by atoms with Crippen molar-refractivity contribution in [3.05, 3.63) is 24.2 Å². The van der Waals surface area contributed by atoms with Gasteiger partial charge in [-0.3, -0.25) is 0 Å². The van der Waals surface area contributed by atoms with Gasteiger partial charge in [0.05, 0.1) is 6.26 Å². The van der Waals surface area contributed by atoms with Gasteiger partial charge in [-0.2, -0.15) is 0 Å². The van der Waals surface area contributed by atoms with Crippen LogP contribution in [0.2, 0.25) is 0 Å². The van der Waals surface area contributed by atoms with E-state index in [1.807, 2.05) is 12.1 Å². The smallest absolute Gasteiger partial charge is 0.209 e. The van der Waals surface area contributed by atoms with E-state index in [0.717, 1.165) is 16.7 Å². The molecule has 74 valence electrons. The molecule has 14 heavy (non-hydrogen) atoms. The van der Waals surface area contributed by atoms with Crippen LogP contribution in [0.1, 0.15) is 12.7 Å². The van der Waals surface area contributed by atoms with Gasteiger partial charge in [-0.25, -0.2) is 4.68 Å². The summed E-state index contributed by atoms with van der Waals surface area (Å²) in [5, 5.41) is 12.2. The van der Waals surface area contributed by atoms with Crippen molar-refractivity contribution in [3.8, 4) is 0 Å². The van der Waals surface area contributed by atoms with E-state index in [9.17, 15) is 0 Å². The molecule has 0 bridgehead atoms. The van der Waals surface area contributed by atoms with Crippen molar-refractivity contribution in [2.24, 2.45) is 0 Å². The van der Waals surface area contributed by atoms with Gasteiger partial charge in [0.25, 0.3) is 0 Å². The molecule has 2 aromatic rings. The number of tetrazole rings is 1. The molecule has 6 heteroatoms. The Balaban J connectivity index is 2.12. The van der Waals surface area contributed by atoms with Gasteiger partial charge in [0, 0.05) is 0 Å². The normalized spacial score (nSPS) is 10.6. The highest BCUT2D eigenvalue weighted by Crippen LogP contribution is 2.14. The Morgan fingerprint density at radius 3 is 3.21 bits per heavy atom. The van der Waals surface area contributed by atoms with Gasteiger partial charge in [-0.05, 0) is 28.3 Å². The first-order valence-electron chi connectivity index (χ1n) is 4.31. The average Bonchev–Trinajstić information content (AvgIpc) is 2.80. The van der Waals surface area contributed by atoms with Crippen LogP contribution in [0, 0.1) is 0 Å². The lowest BCUT2D eigenvalue weighted by Gasteiger charge is -1.99. The topological polar surface area (TPSA) is 56.7 Å². The highest BCUT2D eigenvalue weighted by molar-refractivity contribution is 7.99. The molecule has 0 N–H and O–H groups in total. The summed E-state index contributed by atoms with van der Waals surface area (Å²) in [7, 11) is 0. The maximum atomic E-state index is 5.21. The number of furan rings is 1. The van der Waals surface area contributed by atoms with Gasteiger partial charge in [-0.1, -0.05) is 18.7 Å². The fraction of sp³-hybridized carbons (Fsp3) is 0.375. The third kappa shape index (κ3) is 1.95. The Kier molecular flexibility index (Phi) is 2.83. The number of nitrogens with zero attached hydrogens (tertiary/aromatic N) is 4. The number of rotatable bonds is 4. The number of thioether (sulfide) groups is 1. The van der Waals surface area contributed by atoms with Crippen LogP contribution in [0.3, 0.4) is 0 Å². The van der Waals surface area contributed by atoms with Gasteiger partial charge in [-0.15, -0.1) is 5.10 Å². The molecule has 0 aliphatic carbocycles. The lowest BCUT2D eigenvalue weighted by molar-refractivity contribution is 0.462. The molecule has 0 saturated carbocycles. The standard InChI is InChI=1S/C8H10N4OS/c1-2-14-8-9-10-11-12(8)6-7-4-3-5-13-7/h3-5H,2,6H2,1H3. The molecular weight excluding hydrogens is 200 g/mol. The molecule has 0 aliphatic heterocycles. The Morgan fingerprint density at radius 2 is 2.50 bits per heavy atom. The van der Waals surface area contributed by atoms with Crippen LogP contribution in [0.4, 0.5) is 0 Å². The molecule has 0 amide bonds. The fourth-order valence-electron chi connectivity index (χ4n) is 1.08. The minimum absolute atomic E-state index is 0.586. The van der Waals surface area contributed by atoms with Crippen LogP contribution in [0.15, 0.2) is 28.0 Å². The van der Waals surface area contributed by atoms with E-state index >= 15 is 0 Å². The lowest BCUT2D eigenvalue weighted by atomic mass is 10.4. The Morgan fingerprint density at radius 1 is 1.57 bits per heavy atom. The summed E-state index contributed by atoms with van der Waals surface area (Å²) >= 11 is 1.62. The van der Waals surface area contributed by atoms with Crippen LogP contribution in [0.5, 0.6) is 0 Å². The summed E-state index contributed by atoms with van der Waals surface area (Å²) in [5.41, 5.74) is 0. The van der Waals surface area contributed by atoms with Crippen molar-refractivity contribution >= 4 is 11.8 Å². The Hall–Kier alpha value is -1.30. The quantitative estimate of drug-likeness (QED) is 0.714.